The summed E-state index contributed by atoms with van der Waals surface area (Å²) < 4.78 is 0. The quantitative estimate of drug-likeness (QED) is 0.603. The molecule has 1 aliphatic heterocycles. The van der Waals surface area contributed by atoms with Crippen LogP contribution in [0.1, 0.15) is 13.3 Å². The lowest BCUT2D eigenvalue weighted by Gasteiger charge is -2.32. The Morgan fingerprint density at radius 3 is 2.45 bits per heavy atom. The summed E-state index contributed by atoms with van der Waals surface area (Å²) in [7, 11) is 0. The Balaban J connectivity index is 2.45. The molecule has 0 aliphatic carbocycles. The number of hydrogen-bond donors (Lipinski definition) is 1. The monoisotopic (exact) mass is 172 g/mol. The average Bonchev–Trinajstić information content (AvgIpc) is 1.82. The molecular formula is C7H12N2OS. The summed E-state index contributed by atoms with van der Waals surface area (Å²) in [6.07, 6.45) is 1.11. The lowest BCUT2D eigenvalue weighted by atomic mass is 10.1. The van der Waals surface area contributed by atoms with Gasteiger partial charge < -0.3 is 10.6 Å². The molecule has 1 heterocycles. The maximum Gasteiger partial charge on any atom is 0.232 e. The number of hydrogen-bond acceptors (Lipinski definition) is 2. The Bertz CT molecular complexity index is 189. The molecule has 1 unspecified atom stereocenters. The molecule has 1 amide bonds. The molecule has 2 N–H and O–H groups in total. The number of carbonyl (C=O) groups excluding carboxylic acids is 1. The Morgan fingerprint density at radius 1 is 1.64 bits per heavy atom. The normalized spacial score (nSPS) is 18.8. The van der Waals surface area contributed by atoms with E-state index in [1.165, 1.54) is 0 Å². The van der Waals surface area contributed by atoms with Gasteiger partial charge in [0.15, 0.2) is 0 Å². The number of carbonyl (C=O) groups is 1. The molecule has 1 aliphatic rings. The van der Waals surface area contributed by atoms with E-state index in [0.717, 1.165) is 19.5 Å². The van der Waals surface area contributed by atoms with Crippen molar-refractivity contribution in [3.63, 3.8) is 0 Å². The fourth-order valence-corrected chi connectivity index (χ4v) is 1.03. The summed E-state index contributed by atoms with van der Waals surface area (Å²) in [6, 6.07) is 0. The minimum Gasteiger partial charge on any atom is -0.393 e. The first-order valence-electron chi connectivity index (χ1n) is 3.71. The number of likely N-dealkylation sites (tertiary alicyclic amines) is 1. The number of nitrogens with two attached hydrogens (primary N) is 1. The topological polar surface area (TPSA) is 46.3 Å². The van der Waals surface area contributed by atoms with Crippen molar-refractivity contribution in [2.45, 2.75) is 13.3 Å². The third-order valence-electron chi connectivity index (χ3n) is 1.96. The zero-order valence-corrected chi connectivity index (χ0v) is 7.36. The van der Waals surface area contributed by atoms with Gasteiger partial charge in [0.25, 0.3) is 0 Å². The molecule has 3 nitrogen and oxygen atoms in total. The van der Waals surface area contributed by atoms with Gasteiger partial charge in [-0.05, 0) is 13.3 Å². The van der Waals surface area contributed by atoms with Crippen LogP contribution in [-0.2, 0) is 4.79 Å². The largest absolute Gasteiger partial charge is 0.393 e. The van der Waals surface area contributed by atoms with Gasteiger partial charge in [0.2, 0.25) is 5.91 Å². The molecule has 0 spiro atoms. The second kappa shape index (κ2) is 3.17. The Labute approximate surface area is 71.5 Å². The third-order valence-corrected chi connectivity index (χ3v) is 2.32. The summed E-state index contributed by atoms with van der Waals surface area (Å²) in [5.41, 5.74) is 5.34. The highest BCUT2D eigenvalue weighted by Gasteiger charge is 2.26. The molecule has 62 valence electrons. The van der Waals surface area contributed by atoms with Crippen molar-refractivity contribution >= 4 is 23.1 Å². The summed E-state index contributed by atoms with van der Waals surface area (Å²) >= 11 is 4.72. The first-order valence-corrected chi connectivity index (χ1v) is 4.12. The smallest absolute Gasteiger partial charge is 0.232 e. The van der Waals surface area contributed by atoms with Gasteiger partial charge in [0, 0.05) is 13.1 Å². The molecule has 0 radical (unpaired) electrons. The number of amides is 1. The molecule has 0 saturated carbocycles. The Morgan fingerprint density at radius 2 is 2.18 bits per heavy atom. The highest BCUT2D eigenvalue weighted by atomic mass is 32.1. The van der Waals surface area contributed by atoms with Crippen LogP contribution in [0, 0.1) is 5.92 Å². The number of rotatable bonds is 2. The fraction of sp³-hybridized carbons (Fsp3) is 0.714. The van der Waals surface area contributed by atoms with Crippen molar-refractivity contribution in [2.24, 2.45) is 11.7 Å². The van der Waals surface area contributed by atoms with Crippen LogP contribution in [0.4, 0.5) is 0 Å². The van der Waals surface area contributed by atoms with Crippen LogP contribution < -0.4 is 5.73 Å². The zero-order chi connectivity index (χ0) is 8.43. The average molecular weight is 172 g/mol. The molecule has 1 atom stereocenters. The zero-order valence-electron chi connectivity index (χ0n) is 6.54. The molecule has 1 saturated heterocycles. The van der Waals surface area contributed by atoms with Crippen molar-refractivity contribution in [3.8, 4) is 0 Å². The molecule has 0 aromatic rings. The van der Waals surface area contributed by atoms with Crippen LogP contribution in [0.25, 0.3) is 0 Å². The third kappa shape index (κ3) is 1.68. The van der Waals surface area contributed by atoms with Gasteiger partial charge in [-0.3, -0.25) is 4.79 Å². The van der Waals surface area contributed by atoms with E-state index in [0.29, 0.717) is 4.99 Å². The van der Waals surface area contributed by atoms with E-state index in [1.807, 2.05) is 0 Å². The van der Waals surface area contributed by atoms with Crippen LogP contribution >= 0.6 is 12.2 Å². The molecule has 0 bridgehead atoms. The summed E-state index contributed by atoms with van der Waals surface area (Å²) in [5.74, 6) is -0.214. The highest BCUT2D eigenvalue weighted by Crippen LogP contribution is 2.11. The predicted molar refractivity (Wildman–Crippen MR) is 47.1 cm³/mol. The molecule has 0 aromatic heterocycles. The maximum absolute atomic E-state index is 11.3. The second-order valence-corrected chi connectivity index (χ2v) is 3.27. The fourth-order valence-electron chi connectivity index (χ4n) is 0.932. The predicted octanol–water partition coefficient (Wildman–Crippen LogP) is 0.141. The minimum atomic E-state index is -0.287. The van der Waals surface area contributed by atoms with Gasteiger partial charge in [0.1, 0.15) is 0 Å². The van der Waals surface area contributed by atoms with Gasteiger partial charge in [-0.25, -0.2) is 0 Å². The lowest BCUT2D eigenvalue weighted by molar-refractivity contribution is -0.136. The van der Waals surface area contributed by atoms with E-state index in [-0.39, 0.29) is 11.8 Å². The number of thiocarbonyl (C=S) groups is 1. The summed E-state index contributed by atoms with van der Waals surface area (Å²) in [4.78, 5) is 13.4. The van der Waals surface area contributed by atoms with Crippen molar-refractivity contribution in [2.75, 3.05) is 13.1 Å². The highest BCUT2D eigenvalue weighted by molar-refractivity contribution is 7.80. The summed E-state index contributed by atoms with van der Waals surface area (Å²) in [5, 5.41) is 0. The number of nitrogens with zero attached hydrogens (tertiary/aromatic N) is 1. The molecule has 4 heteroatoms. The van der Waals surface area contributed by atoms with Crippen molar-refractivity contribution in [1.29, 1.82) is 0 Å². The van der Waals surface area contributed by atoms with Gasteiger partial charge in [-0.15, -0.1) is 0 Å². The minimum absolute atomic E-state index is 0.0729. The molecular weight excluding hydrogens is 160 g/mol. The van der Waals surface area contributed by atoms with E-state index in [1.54, 1.807) is 11.8 Å². The van der Waals surface area contributed by atoms with Crippen LogP contribution in [0.5, 0.6) is 0 Å². The molecule has 1 rings (SSSR count). The van der Waals surface area contributed by atoms with Crippen molar-refractivity contribution in [1.82, 2.24) is 4.90 Å². The van der Waals surface area contributed by atoms with E-state index in [9.17, 15) is 4.79 Å². The van der Waals surface area contributed by atoms with Gasteiger partial charge in [-0.1, -0.05) is 12.2 Å². The maximum atomic E-state index is 11.3. The van der Waals surface area contributed by atoms with E-state index >= 15 is 0 Å². The summed E-state index contributed by atoms with van der Waals surface area (Å²) in [6.45, 7) is 3.49. The SMILES string of the molecule is CC(C(=O)N1CCC1)C(N)=S. The van der Waals surface area contributed by atoms with Crippen LogP contribution in [-0.4, -0.2) is 28.9 Å². The van der Waals surface area contributed by atoms with Gasteiger partial charge in [0.05, 0.1) is 10.9 Å². The standard InChI is InChI=1S/C7H12N2OS/c1-5(6(8)11)7(10)9-3-2-4-9/h5H,2-4H2,1H3,(H2,8,11). The van der Waals surface area contributed by atoms with E-state index in [2.05, 4.69) is 0 Å². The Kier molecular flexibility index (Phi) is 2.44. The molecule has 11 heavy (non-hydrogen) atoms. The molecule has 1 fully saturated rings. The van der Waals surface area contributed by atoms with Crippen molar-refractivity contribution < 1.29 is 4.79 Å². The Hall–Kier alpha value is -0.640. The van der Waals surface area contributed by atoms with Gasteiger partial charge >= 0.3 is 0 Å². The van der Waals surface area contributed by atoms with Crippen molar-refractivity contribution in [3.05, 3.63) is 0 Å². The lowest BCUT2D eigenvalue weighted by Crippen LogP contribution is -2.47. The van der Waals surface area contributed by atoms with Gasteiger partial charge in [-0.2, -0.15) is 0 Å². The first-order chi connectivity index (χ1) is 5.13. The second-order valence-electron chi connectivity index (χ2n) is 2.80. The van der Waals surface area contributed by atoms with Crippen LogP contribution in [0.2, 0.25) is 0 Å². The van der Waals surface area contributed by atoms with Crippen LogP contribution in [0.3, 0.4) is 0 Å². The van der Waals surface area contributed by atoms with Crippen LogP contribution in [0.15, 0.2) is 0 Å². The first kappa shape index (κ1) is 8.46. The van der Waals surface area contributed by atoms with E-state index < -0.39 is 0 Å². The molecule has 0 aromatic carbocycles. The van der Waals surface area contributed by atoms with E-state index in [4.69, 9.17) is 18.0 Å².